The number of thiophene rings is 1. The number of hydrogen-bond acceptors (Lipinski definition) is 3. The second kappa shape index (κ2) is 16.6. The summed E-state index contributed by atoms with van der Waals surface area (Å²) in [6.07, 6.45) is 9.50. The van der Waals surface area contributed by atoms with Crippen molar-refractivity contribution in [2.24, 2.45) is 0 Å². The van der Waals surface area contributed by atoms with Crippen molar-refractivity contribution < 1.29 is 0 Å². The minimum Gasteiger partial charge on any atom is -0.311 e. The van der Waals surface area contributed by atoms with E-state index in [1.807, 2.05) is 0 Å². The molecule has 0 amide bonds. The van der Waals surface area contributed by atoms with E-state index in [4.69, 9.17) is 0 Å². The molecular formula is C75H91BN2S. The quantitative estimate of drug-likeness (QED) is 0.163. The fourth-order valence-electron chi connectivity index (χ4n) is 16.3. The van der Waals surface area contributed by atoms with Gasteiger partial charge >= 0.3 is 0 Å². The van der Waals surface area contributed by atoms with Crippen molar-refractivity contribution in [3.8, 4) is 11.1 Å². The minimum absolute atomic E-state index is 0.0258. The first-order chi connectivity index (χ1) is 36.6. The highest BCUT2D eigenvalue weighted by molar-refractivity contribution is 7.26. The molecule has 0 spiro atoms. The number of rotatable bonds is 3. The monoisotopic (exact) mass is 1060 g/mol. The lowest BCUT2D eigenvalue weighted by Gasteiger charge is -2.49. The molecule has 79 heavy (non-hydrogen) atoms. The zero-order valence-corrected chi connectivity index (χ0v) is 53.0. The SMILES string of the molecule is Cc1cc2c3c(c1)N(c1ccc4c(c1)C(C)(C)CCC4(C)C)c1c(ccc4c1C(C)(C)CCC4(C)C)B3c1c(sc3cc4c(cc13)C(C)(C)CCC4(C)C)N2c1ccc(C(C)(C)C)cc1-c1ccc2c(c1)C(C)(C)CCC2(C)C. The van der Waals surface area contributed by atoms with Crippen molar-refractivity contribution in [1.82, 2.24) is 0 Å². The zero-order valence-electron chi connectivity index (χ0n) is 52.2. The maximum absolute atomic E-state index is 2.82. The summed E-state index contributed by atoms with van der Waals surface area (Å²) in [5, 5.41) is 2.82. The Bertz CT molecular complexity index is 3760. The summed E-state index contributed by atoms with van der Waals surface area (Å²) in [6, 6.07) is 38.7. The van der Waals surface area contributed by atoms with Crippen LogP contribution in [0.25, 0.3) is 21.2 Å². The van der Waals surface area contributed by atoms with Crippen LogP contribution in [0.2, 0.25) is 0 Å². The van der Waals surface area contributed by atoms with Crippen LogP contribution in [-0.2, 0) is 48.7 Å². The van der Waals surface area contributed by atoms with E-state index in [2.05, 4.69) is 251 Å². The Morgan fingerprint density at radius 1 is 0.430 bits per heavy atom. The summed E-state index contributed by atoms with van der Waals surface area (Å²) in [5.74, 6) is 0. The highest BCUT2D eigenvalue weighted by Crippen LogP contribution is 2.58. The van der Waals surface area contributed by atoms with Gasteiger partial charge in [0.25, 0.3) is 6.71 Å². The second-order valence-corrected chi connectivity index (χ2v) is 33.5. The summed E-state index contributed by atoms with van der Waals surface area (Å²) in [5.41, 5.74) is 29.1. The van der Waals surface area contributed by atoms with E-state index in [-0.39, 0.29) is 55.4 Å². The normalized spacial score (nSPS) is 21.7. The van der Waals surface area contributed by atoms with Gasteiger partial charge in [-0.2, -0.15) is 0 Å². The molecule has 0 atom stereocenters. The van der Waals surface area contributed by atoms with Crippen LogP contribution in [0.15, 0.2) is 91.0 Å². The van der Waals surface area contributed by atoms with Gasteiger partial charge in [-0.15, -0.1) is 11.3 Å². The Balaban J connectivity index is 1.18. The topological polar surface area (TPSA) is 6.48 Å². The third-order valence-corrected chi connectivity index (χ3v) is 23.3. The molecule has 0 bridgehead atoms. The summed E-state index contributed by atoms with van der Waals surface area (Å²) >= 11 is 2.06. The average Bonchev–Trinajstić information content (AvgIpc) is 4.03. The smallest absolute Gasteiger partial charge is 0.254 e. The fourth-order valence-corrected chi connectivity index (χ4v) is 17.6. The molecule has 0 unspecified atom stereocenters. The maximum atomic E-state index is 2.82. The predicted octanol–water partition coefficient (Wildman–Crippen LogP) is 19.7. The van der Waals surface area contributed by atoms with E-state index in [9.17, 15) is 0 Å². The second-order valence-electron chi connectivity index (χ2n) is 32.5. The van der Waals surface area contributed by atoms with Crippen molar-refractivity contribution in [3.63, 3.8) is 0 Å². The van der Waals surface area contributed by atoms with Gasteiger partial charge < -0.3 is 9.80 Å². The van der Waals surface area contributed by atoms with Crippen molar-refractivity contribution in [2.45, 2.75) is 239 Å². The third-order valence-electron chi connectivity index (χ3n) is 22.1. The summed E-state index contributed by atoms with van der Waals surface area (Å²) in [6.45, 7) is 49.6. The molecule has 2 nitrogen and oxygen atoms in total. The van der Waals surface area contributed by atoms with Gasteiger partial charge in [-0.3, -0.25) is 0 Å². The molecule has 1 aromatic heterocycles. The number of anilines is 6. The van der Waals surface area contributed by atoms with Crippen LogP contribution in [0, 0.1) is 6.92 Å². The summed E-state index contributed by atoms with van der Waals surface area (Å²) in [4.78, 5) is 5.61. The number of fused-ring (bicyclic) bond motifs is 11. The predicted molar refractivity (Wildman–Crippen MR) is 346 cm³/mol. The van der Waals surface area contributed by atoms with Gasteiger partial charge in [-0.05, 0) is 239 Å². The van der Waals surface area contributed by atoms with E-state index in [1.165, 1.54) is 160 Å². The fraction of sp³-hybridized carbons (Fsp3) is 0.493. The molecule has 6 aliphatic rings. The Hall–Kier alpha value is -5.06. The molecule has 13 rings (SSSR count). The van der Waals surface area contributed by atoms with Crippen LogP contribution in [0.4, 0.5) is 33.4 Å². The van der Waals surface area contributed by atoms with E-state index >= 15 is 0 Å². The molecule has 6 aromatic carbocycles. The molecule has 2 aliphatic heterocycles. The van der Waals surface area contributed by atoms with E-state index in [0.717, 1.165) is 6.42 Å². The Kier molecular flexibility index (Phi) is 11.2. The van der Waals surface area contributed by atoms with Crippen LogP contribution in [0.3, 0.4) is 0 Å². The van der Waals surface area contributed by atoms with Gasteiger partial charge in [0.2, 0.25) is 0 Å². The molecule has 0 radical (unpaired) electrons. The minimum atomic E-state index is -0.0377. The van der Waals surface area contributed by atoms with Crippen LogP contribution in [0.1, 0.15) is 239 Å². The lowest BCUT2D eigenvalue weighted by molar-refractivity contribution is 0.331. The van der Waals surface area contributed by atoms with Gasteiger partial charge in [0.15, 0.2) is 0 Å². The molecule has 0 saturated carbocycles. The van der Waals surface area contributed by atoms with Gasteiger partial charge in [-0.1, -0.05) is 174 Å². The zero-order chi connectivity index (χ0) is 56.5. The van der Waals surface area contributed by atoms with Crippen molar-refractivity contribution in [2.75, 3.05) is 9.80 Å². The first-order valence-corrected chi connectivity index (χ1v) is 31.4. The molecule has 3 heterocycles. The van der Waals surface area contributed by atoms with Gasteiger partial charge in [0, 0.05) is 33.0 Å². The standard InChI is InChI=1S/C75H91BN2S/c1-44-37-59-64-60(38-44)78(58-28-22-46(67(2,3)4)40-48(58)45-21-24-50-53(39-45)71(11,12)31-29-68(50,5)6)66-63(49-42-55-56(43-61(49)79-66)74(17,18)34-33-73(55,15)16)76(64)57-27-26-52-62(75(19,20)36-35-70(52,9)10)65(57)77(59)47-23-25-51-54(41-47)72(13,14)32-30-69(51,7)8/h21-28,37-43H,29-36H2,1-20H3. The Labute approximate surface area is 481 Å². The molecule has 0 N–H and O–H groups in total. The lowest BCUT2D eigenvalue weighted by atomic mass is 9.33. The Morgan fingerprint density at radius 2 is 0.911 bits per heavy atom. The van der Waals surface area contributed by atoms with Crippen LogP contribution in [0.5, 0.6) is 0 Å². The molecule has 7 aromatic rings. The molecular weight excluding hydrogens is 972 g/mol. The Morgan fingerprint density at radius 3 is 1.49 bits per heavy atom. The molecule has 4 aliphatic carbocycles. The summed E-state index contributed by atoms with van der Waals surface area (Å²) < 4.78 is 1.42. The molecule has 4 heteroatoms. The van der Waals surface area contributed by atoms with Gasteiger partial charge in [-0.25, -0.2) is 0 Å². The van der Waals surface area contributed by atoms with Crippen LogP contribution >= 0.6 is 11.3 Å². The van der Waals surface area contributed by atoms with E-state index < -0.39 is 0 Å². The van der Waals surface area contributed by atoms with E-state index in [0.29, 0.717) is 0 Å². The maximum Gasteiger partial charge on any atom is 0.254 e. The number of benzene rings is 6. The van der Waals surface area contributed by atoms with Crippen molar-refractivity contribution >= 4 is 78.0 Å². The third kappa shape index (κ3) is 7.80. The highest BCUT2D eigenvalue weighted by Gasteiger charge is 2.51. The first kappa shape index (κ1) is 53.3. The number of hydrogen-bond donors (Lipinski definition) is 0. The van der Waals surface area contributed by atoms with Gasteiger partial charge in [0.1, 0.15) is 0 Å². The van der Waals surface area contributed by atoms with Crippen molar-refractivity contribution in [3.05, 3.63) is 147 Å². The van der Waals surface area contributed by atoms with Gasteiger partial charge in [0.05, 0.1) is 10.7 Å². The average molecular weight is 1060 g/mol. The number of aryl methyl sites for hydroxylation is 1. The number of nitrogens with zero attached hydrogens (tertiary/aromatic N) is 2. The van der Waals surface area contributed by atoms with Crippen LogP contribution in [-0.4, -0.2) is 6.71 Å². The molecule has 410 valence electrons. The largest absolute Gasteiger partial charge is 0.311 e. The molecule has 0 fully saturated rings. The summed E-state index contributed by atoms with van der Waals surface area (Å²) in [7, 11) is 0. The lowest BCUT2D eigenvalue weighted by Crippen LogP contribution is -2.62. The first-order valence-electron chi connectivity index (χ1n) is 30.6. The molecule has 0 saturated heterocycles. The van der Waals surface area contributed by atoms with E-state index in [1.54, 1.807) is 11.1 Å². The highest BCUT2D eigenvalue weighted by atomic mass is 32.1. The van der Waals surface area contributed by atoms with Crippen molar-refractivity contribution in [1.29, 1.82) is 0 Å². The van der Waals surface area contributed by atoms with Crippen LogP contribution < -0.4 is 26.2 Å².